The number of amides is 2. The minimum absolute atomic E-state index is 0.0207. The number of carbonyl (C=O) groups is 2. The number of benzene rings is 1. The lowest BCUT2D eigenvalue weighted by atomic mass is 10.0. The highest BCUT2D eigenvalue weighted by atomic mass is 32.1. The minimum Gasteiger partial charge on any atom is -0.349 e. The maximum Gasteiger partial charge on any atom is 0.226 e. The van der Waals surface area contributed by atoms with E-state index >= 15 is 0 Å². The average molecular weight is 347 g/mol. The Balaban J connectivity index is 1.78. The van der Waals surface area contributed by atoms with Crippen molar-refractivity contribution in [1.82, 2.24) is 10.2 Å². The van der Waals surface area contributed by atoms with Crippen LogP contribution in [0.4, 0.5) is 5.69 Å². The van der Waals surface area contributed by atoms with E-state index in [0.717, 1.165) is 24.1 Å². The van der Waals surface area contributed by atoms with Gasteiger partial charge in [0.15, 0.2) is 5.11 Å². The normalized spacial score (nSPS) is 14.2. The summed E-state index contributed by atoms with van der Waals surface area (Å²) in [6.45, 7) is 0. The summed E-state index contributed by atoms with van der Waals surface area (Å²) in [7, 11) is 3.48. The van der Waals surface area contributed by atoms with Crippen molar-refractivity contribution in [1.29, 1.82) is 0 Å². The van der Waals surface area contributed by atoms with Gasteiger partial charge in [-0.15, -0.1) is 0 Å². The van der Waals surface area contributed by atoms with Crippen LogP contribution in [0.2, 0.25) is 0 Å². The predicted octanol–water partition coefficient (Wildman–Crippen LogP) is 2.71. The molecule has 1 saturated carbocycles. The molecule has 2 amide bonds. The molecule has 6 heteroatoms. The van der Waals surface area contributed by atoms with Crippen LogP contribution in [0.25, 0.3) is 0 Å². The first kappa shape index (κ1) is 18.4. The smallest absolute Gasteiger partial charge is 0.226 e. The molecule has 1 aliphatic carbocycles. The first-order chi connectivity index (χ1) is 11.4. The number of rotatable bonds is 5. The zero-order valence-corrected chi connectivity index (χ0v) is 15.1. The molecule has 0 spiro atoms. The highest BCUT2D eigenvalue weighted by molar-refractivity contribution is 7.80. The van der Waals surface area contributed by atoms with Gasteiger partial charge in [-0.1, -0.05) is 25.0 Å². The van der Waals surface area contributed by atoms with Crippen molar-refractivity contribution in [2.24, 2.45) is 5.92 Å². The molecule has 1 aliphatic rings. The van der Waals surface area contributed by atoms with Gasteiger partial charge in [0.1, 0.15) is 0 Å². The van der Waals surface area contributed by atoms with Crippen LogP contribution < -0.4 is 10.6 Å². The molecule has 130 valence electrons. The van der Waals surface area contributed by atoms with E-state index in [1.54, 1.807) is 19.0 Å². The Morgan fingerprint density at radius 1 is 1.17 bits per heavy atom. The van der Waals surface area contributed by atoms with E-state index < -0.39 is 0 Å². The molecule has 1 fully saturated rings. The van der Waals surface area contributed by atoms with Gasteiger partial charge in [0.2, 0.25) is 11.8 Å². The number of nitrogens with zero attached hydrogens (tertiary/aromatic N) is 1. The number of nitrogens with one attached hydrogen (secondary N) is 2. The fourth-order valence-electron chi connectivity index (χ4n) is 2.86. The van der Waals surface area contributed by atoms with Crippen molar-refractivity contribution >= 4 is 34.8 Å². The Labute approximate surface area is 148 Å². The van der Waals surface area contributed by atoms with E-state index in [0.29, 0.717) is 23.9 Å². The predicted molar refractivity (Wildman–Crippen MR) is 99.8 cm³/mol. The fraction of sp³-hybridized carbons (Fsp3) is 0.500. The van der Waals surface area contributed by atoms with Crippen molar-refractivity contribution in [2.45, 2.75) is 38.5 Å². The van der Waals surface area contributed by atoms with Gasteiger partial charge in [0.05, 0.1) is 6.42 Å². The molecule has 0 aliphatic heterocycles. The first-order valence-electron chi connectivity index (χ1n) is 8.34. The molecule has 0 heterocycles. The van der Waals surface area contributed by atoms with Gasteiger partial charge in [-0.3, -0.25) is 9.59 Å². The fourth-order valence-corrected chi connectivity index (χ4v) is 3.09. The van der Waals surface area contributed by atoms with Gasteiger partial charge < -0.3 is 15.5 Å². The topological polar surface area (TPSA) is 61.4 Å². The van der Waals surface area contributed by atoms with Gasteiger partial charge >= 0.3 is 0 Å². The Kier molecular flexibility index (Phi) is 6.73. The van der Waals surface area contributed by atoms with E-state index in [-0.39, 0.29) is 11.8 Å². The Morgan fingerprint density at radius 3 is 2.38 bits per heavy atom. The number of hydrogen-bond acceptors (Lipinski definition) is 3. The van der Waals surface area contributed by atoms with Crippen molar-refractivity contribution in [3.63, 3.8) is 0 Å². The van der Waals surface area contributed by atoms with E-state index in [1.165, 1.54) is 12.8 Å². The molecule has 1 aromatic rings. The minimum atomic E-state index is -0.0207. The van der Waals surface area contributed by atoms with Gasteiger partial charge in [0, 0.05) is 26.2 Å². The van der Waals surface area contributed by atoms with Crippen LogP contribution in [0.1, 0.15) is 37.7 Å². The maximum atomic E-state index is 12.0. The molecule has 0 radical (unpaired) electrons. The van der Waals surface area contributed by atoms with Gasteiger partial charge in [0.25, 0.3) is 0 Å². The third-order valence-corrected chi connectivity index (χ3v) is 4.47. The molecule has 0 saturated heterocycles. The third-order valence-electron chi connectivity index (χ3n) is 4.27. The zero-order chi connectivity index (χ0) is 17.5. The highest BCUT2D eigenvalue weighted by Gasteiger charge is 2.18. The lowest BCUT2D eigenvalue weighted by molar-refractivity contribution is -0.128. The van der Waals surface area contributed by atoms with Crippen LogP contribution in [0.15, 0.2) is 24.3 Å². The third kappa shape index (κ3) is 5.92. The molecular formula is C18H25N3O2S. The maximum absolute atomic E-state index is 12.0. The average Bonchev–Trinajstić information content (AvgIpc) is 3.01. The molecule has 5 nitrogen and oxygen atoms in total. The molecule has 0 atom stereocenters. The summed E-state index contributed by atoms with van der Waals surface area (Å²) in [5.74, 6) is 0.541. The van der Waals surface area contributed by atoms with E-state index in [9.17, 15) is 9.59 Å². The number of anilines is 1. The van der Waals surface area contributed by atoms with Crippen LogP contribution >= 0.6 is 12.2 Å². The molecule has 0 unspecified atom stereocenters. The lowest BCUT2D eigenvalue weighted by Gasteiger charge is -2.13. The summed E-state index contributed by atoms with van der Waals surface area (Å²) in [6.07, 6.45) is 5.65. The molecule has 2 rings (SSSR count). The van der Waals surface area contributed by atoms with Crippen LogP contribution in [0.3, 0.4) is 0 Å². The summed E-state index contributed by atoms with van der Waals surface area (Å²) in [4.78, 5) is 25.2. The summed E-state index contributed by atoms with van der Waals surface area (Å²) >= 11 is 5.19. The molecule has 0 aromatic heterocycles. The summed E-state index contributed by atoms with van der Waals surface area (Å²) in [5.41, 5.74) is 1.73. The van der Waals surface area contributed by atoms with Gasteiger partial charge in [-0.05, 0) is 48.7 Å². The summed E-state index contributed by atoms with van der Waals surface area (Å²) < 4.78 is 0. The van der Waals surface area contributed by atoms with E-state index in [2.05, 4.69) is 10.6 Å². The summed E-state index contributed by atoms with van der Waals surface area (Å²) in [5, 5.41) is 6.06. The van der Waals surface area contributed by atoms with Crippen LogP contribution in [-0.4, -0.2) is 35.9 Å². The van der Waals surface area contributed by atoms with Crippen LogP contribution in [-0.2, 0) is 16.0 Å². The first-order valence-corrected chi connectivity index (χ1v) is 8.75. The van der Waals surface area contributed by atoms with Crippen molar-refractivity contribution in [3.8, 4) is 0 Å². The second-order valence-electron chi connectivity index (χ2n) is 6.52. The number of thiocarbonyl (C=S) groups is 1. The standard InChI is InChI=1S/C18H25N3O2S/c1-21(2)17(23)12-14-7-9-15(10-8-14)19-18(24)20-16(22)11-13-5-3-4-6-13/h7-10,13H,3-6,11-12H2,1-2H3,(H2,19,20,22,24). The molecule has 0 bridgehead atoms. The van der Waals surface area contributed by atoms with Gasteiger partial charge in [-0.2, -0.15) is 0 Å². The monoisotopic (exact) mass is 347 g/mol. The van der Waals surface area contributed by atoms with Crippen molar-refractivity contribution in [2.75, 3.05) is 19.4 Å². The zero-order valence-electron chi connectivity index (χ0n) is 14.3. The van der Waals surface area contributed by atoms with E-state index in [1.807, 2.05) is 24.3 Å². The molecule has 2 N–H and O–H groups in total. The van der Waals surface area contributed by atoms with Crippen molar-refractivity contribution in [3.05, 3.63) is 29.8 Å². The largest absolute Gasteiger partial charge is 0.349 e. The lowest BCUT2D eigenvalue weighted by Crippen LogP contribution is -2.34. The second kappa shape index (κ2) is 8.78. The Hall–Kier alpha value is -1.95. The molecular weight excluding hydrogens is 322 g/mol. The van der Waals surface area contributed by atoms with Gasteiger partial charge in [-0.25, -0.2) is 0 Å². The Bertz CT molecular complexity index is 593. The number of hydrogen-bond donors (Lipinski definition) is 2. The Morgan fingerprint density at radius 2 is 1.79 bits per heavy atom. The summed E-state index contributed by atoms with van der Waals surface area (Å²) in [6, 6.07) is 7.47. The highest BCUT2D eigenvalue weighted by Crippen LogP contribution is 2.27. The van der Waals surface area contributed by atoms with Crippen LogP contribution in [0, 0.1) is 5.92 Å². The second-order valence-corrected chi connectivity index (χ2v) is 6.93. The van der Waals surface area contributed by atoms with Crippen LogP contribution in [0.5, 0.6) is 0 Å². The molecule has 1 aromatic carbocycles. The SMILES string of the molecule is CN(C)C(=O)Cc1ccc(NC(=S)NC(=O)CC2CCCC2)cc1. The quantitative estimate of drug-likeness (QED) is 0.804. The number of carbonyl (C=O) groups excluding carboxylic acids is 2. The van der Waals surface area contributed by atoms with E-state index in [4.69, 9.17) is 12.2 Å². The number of likely N-dealkylation sites (N-methyl/N-ethyl adjacent to an activating group) is 1. The molecule has 24 heavy (non-hydrogen) atoms. The van der Waals surface area contributed by atoms with Crippen molar-refractivity contribution < 1.29 is 9.59 Å².